The molecule has 0 fully saturated rings. The van der Waals surface area contributed by atoms with E-state index in [1.54, 1.807) is 0 Å². The van der Waals surface area contributed by atoms with Crippen molar-refractivity contribution >= 4 is 54.6 Å². The maximum absolute atomic E-state index is 6.57. The van der Waals surface area contributed by atoms with E-state index in [1.165, 1.54) is 0 Å². The summed E-state index contributed by atoms with van der Waals surface area (Å²) in [6, 6.07) is 51.5. The van der Waals surface area contributed by atoms with Gasteiger partial charge in [0.25, 0.3) is 0 Å². The Bertz CT molecular complexity index is 2780. The standard InChI is InChI=1S/C43H25N3O2/c1-3-13-26(14-4-1)41-44-42(27-15-5-2-6-16-27)46-43(45-41)35-23-28(24-38-39(35)32-20-10-12-22-37(32)47-38)33-25-34-30-18-9-11-21-36(30)48-40(34)31-19-8-7-17-29(31)33/h1-25H. The molecule has 5 nitrogen and oxygen atoms in total. The van der Waals surface area contributed by atoms with Crippen molar-refractivity contribution < 1.29 is 8.83 Å². The molecule has 0 spiro atoms. The Morgan fingerprint density at radius 2 is 0.875 bits per heavy atom. The van der Waals surface area contributed by atoms with E-state index < -0.39 is 0 Å². The van der Waals surface area contributed by atoms with E-state index in [0.29, 0.717) is 17.5 Å². The van der Waals surface area contributed by atoms with Crippen molar-refractivity contribution in [2.75, 3.05) is 0 Å². The van der Waals surface area contributed by atoms with E-state index in [-0.39, 0.29) is 0 Å². The number of aromatic nitrogens is 3. The van der Waals surface area contributed by atoms with Crippen LogP contribution >= 0.6 is 0 Å². The first-order valence-corrected chi connectivity index (χ1v) is 15.9. The summed E-state index contributed by atoms with van der Waals surface area (Å²) >= 11 is 0. The van der Waals surface area contributed by atoms with Crippen LogP contribution in [0.3, 0.4) is 0 Å². The smallest absolute Gasteiger partial charge is 0.164 e. The molecule has 0 saturated heterocycles. The Hall–Kier alpha value is -6.59. The van der Waals surface area contributed by atoms with Crippen LogP contribution in [0.1, 0.15) is 0 Å². The first-order valence-electron chi connectivity index (χ1n) is 15.9. The lowest BCUT2D eigenvalue weighted by molar-refractivity contribution is 0.669. The van der Waals surface area contributed by atoms with Gasteiger partial charge in [0.2, 0.25) is 0 Å². The highest BCUT2D eigenvalue weighted by molar-refractivity contribution is 6.20. The number of fused-ring (bicyclic) bond motifs is 8. The van der Waals surface area contributed by atoms with Gasteiger partial charge in [-0.05, 0) is 46.8 Å². The molecule has 3 aromatic heterocycles. The minimum absolute atomic E-state index is 0.584. The van der Waals surface area contributed by atoms with Crippen molar-refractivity contribution in [2.24, 2.45) is 0 Å². The predicted octanol–water partition coefficient (Wildman–Crippen LogP) is 11.5. The van der Waals surface area contributed by atoms with Gasteiger partial charge in [0.1, 0.15) is 22.3 Å². The van der Waals surface area contributed by atoms with Crippen LogP contribution < -0.4 is 0 Å². The van der Waals surface area contributed by atoms with Crippen molar-refractivity contribution in [3.63, 3.8) is 0 Å². The lowest BCUT2D eigenvalue weighted by Crippen LogP contribution is -2.00. The Kier molecular flexibility index (Phi) is 5.81. The van der Waals surface area contributed by atoms with Crippen LogP contribution in [-0.2, 0) is 0 Å². The zero-order valence-corrected chi connectivity index (χ0v) is 25.6. The van der Waals surface area contributed by atoms with Gasteiger partial charge in [-0.2, -0.15) is 0 Å². The molecule has 224 valence electrons. The zero-order valence-electron chi connectivity index (χ0n) is 25.6. The second kappa shape index (κ2) is 10.5. The molecule has 10 rings (SSSR count). The molecule has 0 saturated carbocycles. The van der Waals surface area contributed by atoms with Gasteiger partial charge in [0, 0.05) is 43.6 Å². The summed E-state index contributed by atoms with van der Waals surface area (Å²) in [7, 11) is 0. The molecular formula is C43H25N3O2. The summed E-state index contributed by atoms with van der Waals surface area (Å²) in [5.41, 5.74) is 8.15. The third-order valence-electron chi connectivity index (χ3n) is 9.11. The van der Waals surface area contributed by atoms with E-state index in [2.05, 4.69) is 60.7 Å². The van der Waals surface area contributed by atoms with E-state index >= 15 is 0 Å². The summed E-state index contributed by atoms with van der Waals surface area (Å²) in [5.74, 6) is 1.81. The van der Waals surface area contributed by atoms with Gasteiger partial charge in [0.15, 0.2) is 17.5 Å². The number of furan rings is 2. The lowest BCUT2D eigenvalue weighted by Gasteiger charge is -2.12. The summed E-state index contributed by atoms with van der Waals surface area (Å²) in [5, 5.41) is 6.29. The van der Waals surface area contributed by atoms with Crippen molar-refractivity contribution in [1.82, 2.24) is 15.0 Å². The first kappa shape index (κ1) is 26.6. The molecule has 0 radical (unpaired) electrons. The maximum Gasteiger partial charge on any atom is 0.164 e. The SMILES string of the molecule is c1ccc(-c2nc(-c3ccccc3)nc(-c3cc(-c4cc5c6ccccc6oc5c5ccccc45)cc4oc5ccccc5c34)n2)cc1. The summed E-state index contributed by atoms with van der Waals surface area (Å²) < 4.78 is 13.0. The Balaban J connectivity index is 1.31. The van der Waals surface area contributed by atoms with Crippen LogP contribution in [-0.4, -0.2) is 15.0 Å². The highest BCUT2D eigenvalue weighted by atomic mass is 16.3. The maximum atomic E-state index is 6.57. The lowest BCUT2D eigenvalue weighted by atomic mass is 9.93. The molecule has 0 unspecified atom stereocenters. The monoisotopic (exact) mass is 615 g/mol. The van der Waals surface area contributed by atoms with Crippen LogP contribution in [0.5, 0.6) is 0 Å². The Morgan fingerprint density at radius 3 is 1.56 bits per heavy atom. The van der Waals surface area contributed by atoms with Gasteiger partial charge < -0.3 is 8.83 Å². The van der Waals surface area contributed by atoms with Crippen LogP contribution in [0, 0.1) is 0 Å². The summed E-state index contributed by atoms with van der Waals surface area (Å²) in [4.78, 5) is 15.2. The Labute approximate surface area is 274 Å². The molecule has 0 atom stereocenters. The van der Waals surface area contributed by atoms with Crippen molar-refractivity contribution in [3.05, 3.63) is 152 Å². The van der Waals surface area contributed by atoms with Gasteiger partial charge in [-0.15, -0.1) is 0 Å². The number of rotatable bonds is 4. The fourth-order valence-corrected chi connectivity index (χ4v) is 6.90. The molecule has 0 aliphatic carbocycles. The van der Waals surface area contributed by atoms with Gasteiger partial charge in [-0.3, -0.25) is 0 Å². The number of para-hydroxylation sites is 2. The van der Waals surface area contributed by atoms with Gasteiger partial charge in [0.05, 0.1) is 0 Å². The minimum Gasteiger partial charge on any atom is -0.456 e. The second-order valence-electron chi connectivity index (χ2n) is 12.0. The molecular weight excluding hydrogens is 590 g/mol. The molecule has 3 heterocycles. The predicted molar refractivity (Wildman–Crippen MR) is 194 cm³/mol. The number of benzene rings is 7. The molecule has 0 amide bonds. The van der Waals surface area contributed by atoms with Crippen LogP contribution in [0.15, 0.2) is 160 Å². The number of hydrogen-bond donors (Lipinski definition) is 0. The summed E-state index contributed by atoms with van der Waals surface area (Å²) in [6.07, 6.45) is 0. The van der Waals surface area contributed by atoms with Gasteiger partial charge in [-0.25, -0.2) is 15.0 Å². The van der Waals surface area contributed by atoms with Crippen LogP contribution in [0.4, 0.5) is 0 Å². The second-order valence-corrected chi connectivity index (χ2v) is 12.0. The van der Waals surface area contributed by atoms with Crippen molar-refractivity contribution in [1.29, 1.82) is 0 Å². The molecule has 48 heavy (non-hydrogen) atoms. The van der Waals surface area contributed by atoms with E-state index in [9.17, 15) is 0 Å². The number of hydrogen-bond acceptors (Lipinski definition) is 5. The van der Waals surface area contributed by atoms with Crippen LogP contribution in [0.25, 0.3) is 99.9 Å². The topological polar surface area (TPSA) is 65.0 Å². The third-order valence-corrected chi connectivity index (χ3v) is 9.11. The van der Waals surface area contributed by atoms with Gasteiger partial charge in [-0.1, -0.05) is 121 Å². The average Bonchev–Trinajstić information content (AvgIpc) is 3.73. The zero-order chi connectivity index (χ0) is 31.6. The molecule has 7 aromatic carbocycles. The first-order chi connectivity index (χ1) is 23.8. The highest BCUT2D eigenvalue weighted by Gasteiger charge is 2.21. The number of nitrogens with zero attached hydrogens (tertiary/aromatic N) is 3. The van der Waals surface area contributed by atoms with Gasteiger partial charge >= 0.3 is 0 Å². The summed E-state index contributed by atoms with van der Waals surface area (Å²) in [6.45, 7) is 0. The van der Waals surface area contributed by atoms with Crippen molar-refractivity contribution in [3.8, 4) is 45.3 Å². The van der Waals surface area contributed by atoms with E-state index in [4.69, 9.17) is 23.8 Å². The Morgan fingerprint density at radius 1 is 0.333 bits per heavy atom. The minimum atomic E-state index is 0.584. The molecule has 0 N–H and O–H groups in total. The fraction of sp³-hybridized carbons (Fsp3) is 0. The van der Waals surface area contributed by atoms with E-state index in [0.717, 1.165) is 82.5 Å². The van der Waals surface area contributed by atoms with E-state index in [1.807, 2.05) is 91.0 Å². The molecule has 0 aliphatic rings. The largest absolute Gasteiger partial charge is 0.456 e. The average molecular weight is 616 g/mol. The highest BCUT2D eigenvalue weighted by Crippen LogP contribution is 2.44. The third kappa shape index (κ3) is 4.15. The normalized spacial score (nSPS) is 11.8. The molecule has 5 heteroatoms. The molecule has 0 bridgehead atoms. The van der Waals surface area contributed by atoms with Crippen LogP contribution in [0.2, 0.25) is 0 Å². The molecule has 0 aliphatic heterocycles. The fourth-order valence-electron chi connectivity index (χ4n) is 6.90. The van der Waals surface area contributed by atoms with Crippen molar-refractivity contribution in [2.45, 2.75) is 0 Å². The quantitative estimate of drug-likeness (QED) is 0.197. The molecule has 10 aromatic rings.